The molecule has 0 saturated carbocycles. The minimum absolute atomic E-state index is 0.00888. The molecule has 0 amide bonds. The van der Waals surface area contributed by atoms with Crippen LogP contribution in [0, 0.1) is 11.3 Å². The Balaban J connectivity index is 2.49. The standard InChI is InChI=1S/C10H14N4O2S/c1-2-14-17(15,16)6-5-13-9-3-4-12-10(7-9)8-11/h3-4,7,14H,2,5-6H2,1H3,(H,12,13). The van der Waals surface area contributed by atoms with Crippen molar-refractivity contribution in [3.8, 4) is 6.07 Å². The molecule has 0 unspecified atom stereocenters. The highest BCUT2D eigenvalue weighted by atomic mass is 32.2. The number of anilines is 1. The Hall–Kier alpha value is -1.65. The number of hydrogen-bond acceptors (Lipinski definition) is 5. The average molecular weight is 254 g/mol. The van der Waals surface area contributed by atoms with Gasteiger partial charge in [0.25, 0.3) is 0 Å². The predicted octanol–water partition coefficient (Wildman–Crippen LogP) is 0.304. The largest absolute Gasteiger partial charge is 0.384 e. The van der Waals surface area contributed by atoms with Gasteiger partial charge in [0.2, 0.25) is 10.0 Å². The summed E-state index contributed by atoms with van der Waals surface area (Å²) in [7, 11) is -3.21. The van der Waals surface area contributed by atoms with Crippen LogP contribution in [-0.4, -0.2) is 32.2 Å². The van der Waals surface area contributed by atoms with Crippen molar-refractivity contribution in [2.24, 2.45) is 0 Å². The maximum Gasteiger partial charge on any atom is 0.213 e. The molecular weight excluding hydrogens is 240 g/mol. The van der Waals surface area contributed by atoms with Gasteiger partial charge in [-0.15, -0.1) is 0 Å². The van der Waals surface area contributed by atoms with Crippen molar-refractivity contribution < 1.29 is 8.42 Å². The van der Waals surface area contributed by atoms with Crippen LogP contribution in [0.5, 0.6) is 0 Å². The van der Waals surface area contributed by atoms with Crippen molar-refractivity contribution in [3.63, 3.8) is 0 Å². The van der Waals surface area contributed by atoms with E-state index >= 15 is 0 Å². The van der Waals surface area contributed by atoms with Gasteiger partial charge >= 0.3 is 0 Å². The Morgan fingerprint density at radius 2 is 2.29 bits per heavy atom. The summed E-state index contributed by atoms with van der Waals surface area (Å²) in [4.78, 5) is 3.81. The van der Waals surface area contributed by atoms with Crippen LogP contribution < -0.4 is 10.0 Å². The molecule has 2 N–H and O–H groups in total. The van der Waals surface area contributed by atoms with Crippen LogP contribution in [0.15, 0.2) is 18.3 Å². The first-order chi connectivity index (χ1) is 8.07. The Morgan fingerprint density at radius 3 is 2.94 bits per heavy atom. The average Bonchev–Trinajstić information content (AvgIpc) is 2.29. The van der Waals surface area contributed by atoms with Crippen LogP contribution in [0.3, 0.4) is 0 Å². The lowest BCUT2D eigenvalue weighted by atomic mass is 10.3. The van der Waals surface area contributed by atoms with Gasteiger partial charge in [-0.05, 0) is 12.1 Å². The molecule has 0 atom stereocenters. The molecule has 0 fully saturated rings. The van der Waals surface area contributed by atoms with E-state index < -0.39 is 10.0 Å². The molecule has 0 spiro atoms. The second kappa shape index (κ2) is 6.18. The molecule has 0 aromatic carbocycles. The van der Waals surface area contributed by atoms with Gasteiger partial charge in [-0.2, -0.15) is 5.26 Å². The molecule has 17 heavy (non-hydrogen) atoms. The van der Waals surface area contributed by atoms with Gasteiger partial charge in [0.05, 0.1) is 5.75 Å². The minimum Gasteiger partial charge on any atom is -0.384 e. The van der Waals surface area contributed by atoms with Gasteiger partial charge in [0.15, 0.2) is 0 Å². The number of nitriles is 1. The molecule has 6 nitrogen and oxygen atoms in total. The first-order valence-corrected chi connectivity index (χ1v) is 6.80. The summed E-state index contributed by atoms with van der Waals surface area (Å²) in [6, 6.07) is 5.16. The summed E-state index contributed by atoms with van der Waals surface area (Å²) in [5.74, 6) is -0.00888. The number of rotatable bonds is 6. The van der Waals surface area contributed by atoms with Crippen LogP contribution in [0.4, 0.5) is 5.69 Å². The summed E-state index contributed by atoms with van der Waals surface area (Å²) in [6.45, 7) is 2.40. The molecule has 0 aliphatic carbocycles. The molecule has 1 aromatic heterocycles. The third-order valence-electron chi connectivity index (χ3n) is 1.94. The lowest BCUT2D eigenvalue weighted by Crippen LogP contribution is -2.29. The van der Waals surface area contributed by atoms with E-state index in [-0.39, 0.29) is 12.3 Å². The number of nitrogens with zero attached hydrogens (tertiary/aromatic N) is 2. The molecule has 0 saturated heterocycles. The number of pyridine rings is 1. The van der Waals surface area contributed by atoms with E-state index in [1.54, 1.807) is 19.1 Å². The van der Waals surface area contributed by atoms with Crippen molar-refractivity contribution in [2.45, 2.75) is 6.92 Å². The van der Waals surface area contributed by atoms with Crippen molar-refractivity contribution in [1.29, 1.82) is 5.26 Å². The second-order valence-corrected chi connectivity index (χ2v) is 5.21. The molecule has 0 aliphatic rings. The summed E-state index contributed by atoms with van der Waals surface area (Å²) in [5, 5.41) is 11.6. The number of sulfonamides is 1. The van der Waals surface area contributed by atoms with Crippen LogP contribution in [-0.2, 0) is 10.0 Å². The maximum absolute atomic E-state index is 11.3. The van der Waals surface area contributed by atoms with E-state index in [0.717, 1.165) is 0 Å². The Morgan fingerprint density at radius 1 is 1.53 bits per heavy atom. The SMILES string of the molecule is CCNS(=O)(=O)CCNc1ccnc(C#N)c1. The first-order valence-electron chi connectivity index (χ1n) is 5.15. The van der Waals surface area contributed by atoms with Gasteiger partial charge in [-0.25, -0.2) is 18.1 Å². The van der Waals surface area contributed by atoms with E-state index in [1.807, 2.05) is 6.07 Å². The molecule has 7 heteroatoms. The smallest absolute Gasteiger partial charge is 0.213 e. The normalized spacial score (nSPS) is 10.8. The van der Waals surface area contributed by atoms with Crippen molar-refractivity contribution in [2.75, 3.05) is 24.2 Å². The summed E-state index contributed by atoms with van der Waals surface area (Å²) in [6.07, 6.45) is 1.50. The monoisotopic (exact) mass is 254 g/mol. The summed E-state index contributed by atoms with van der Waals surface area (Å²) < 4.78 is 25.1. The minimum atomic E-state index is -3.21. The quantitative estimate of drug-likeness (QED) is 0.761. The van der Waals surface area contributed by atoms with E-state index in [4.69, 9.17) is 5.26 Å². The van der Waals surface area contributed by atoms with Gasteiger partial charge in [-0.3, -0.25) is 0 Å². The van der Waals surface area contributed by atoms with Crippen LogP contribution >= 0.6 is 0 Å². The first kappa shape index (κ1) is 13.4. The van der Waals surface area contributed by atoms with Gasteiger partial charge in [-0.1, -0.05) is 6.92 Å². The van der Waals surface area contributed by atoms with Gasteiger partial charge in [0, 0.05) is 25.0 Å². The number of nitrogens with one attached hydrogen (secondary N) is 2. The zero-order valence-electron chi connectivity index (χ0n) is 9.47. The van der Waals surface area contributed by atoms with Gasteiger partial charge in [0.1, 0.15) is 11.8 Å². The predicted molar refractivity (Wildman–Crippen MR) is 64.9 cm³/mol. The Kier molecular flexibility index (Phi) is 4.87. The molecular formula is C10H14N4O2S. The molecule has 1 rings (SSSR count). The Bertz CT molecular complexity index is 507. The van der Waals surface area contributed by atoms with E-state index in [2.05, 4.69) is 15.0 Å². The zero-order valence-corrected chi connectivity index (χ0v) is 10.3. The molecule has 1 aromatic rings. The highest BCUT2D eigenvalue weighted by Gasteiger charge is 2.07. The lowest BCUT2D eigenvalue weighted by Gasteiger charge is -2.07. The van der Waals surface area contributed by atoms with Crippen LogP contribution in [0.25, 0.3) is 0 Å². The van der Waals surface area contributed by atoms with E-state index in [1.165, 1.54) is 6.20 Å². The fourth-order valence-electron chi connectivity index (χ4n) is 1.22. The van der Waals surface area contributed by atoms with Crippen molar-refractivity contribution >= 4 is 15.7 Å². The fraction of sp³-hybridized carbons (Fsp3) is 0.400. The van der Waals surface area contributed by atoms with E-state index in [9.17, 15) is 8.42 Å². The summed E-state index contributed by atoms with van der Waals surface area (Å²) >= 11 is 0. The number of aromatic nitrogens is 1. The fourth-order valence-corrected chi connectivity index (χ4v) is 2.18. The highest BCUT2D eigenvalue weighted by molar-refractivity contribution is 7.89. The van der Waals surface area contributed by atoms with Crippen LogP contribution in [0.1, 0.15) is 12.6 Å². The molecule has 0 bridgehead atoms. The number of hydrogen-bond donors (Lipinski definition) is 2. The second-order valence-electron chi connectivity index (χ2n) is 3.29. The molecule has 0 radical (unpaired) electrons. The van der Waals surface area contributed by atoms with Crippen molar-refractivity contribution in [1.82, 2.24) is 9.71 Å². The van der Waals surface area contributed by atoms with E-state index in [0.29, 0.717) is 17.9 Å². The molecule has 0 aliphatic heterocycles. The highest BCUT2D eigenvalue weighted by Crippen LogP contribution is 2.06. The molecule has 92 valence electrons. The zero-order chi connectivity index (χ0) is 12.7. The third kappa shape index (κ3) is 4.80. The Labute approximate surface area is 101 Å². The van der Waals surface area contributed by atoms with Crippen molar-refractivity contribution in [3.05, 3.63) is 24.0 Å². The third-order valence-corrected chi connectivity index (χ3v) is 3.41. The van der Waals surface area contributed by atoms with Gasteiger partial charge < -0.3 is 5.32 Å². The van der Waals surface area contributed by atoms with Crippen LogP contribution in [0.2, 0.25) is 0 Å². The molecule has 1 heterocycles. The lowest BCUT2D eigenvalue weighted by molar-refractivity contribution is 0.584. The maximum atomic E-state index is 11.3. The summed E-state index contributed by atoms with van der Waals surface area (Å²) in [5.41, 5.74) is 0.979. The topological polar surface area (TPSA) is 94.9 Å².